The van der Waals surface area contributed by atoms with Crippen LogP contribution >= 0.6 is 36.2 Å². The highest BCUT2D eigenvalue weighted by Crippen LogP contribution is 2.29. The summed E-state index contributed by atoms with van der Waals surface area (Å²) in [6.07, 6.45) is 7.12. The summed E-state index contributed by atoms with van der Waals surface area (Å²) in [5, 5.41) is 2.85. The van der Waals surface area contributed by atoms with Crippen molar-refractivity contribution in [2.24, 2.45) is 4.99 Å². The van der Waals surface area contributed by atoms with Crippen molar-refractivity contribution in [2.45, 2.75) is 6.17 Å². The first-order chi connectivity index (χ1) is 9.92. The second-order valence-corrected chi connectivity index (χ2v) is 5.18. The number of rotatable bonds is 2. The van der Waals surface area contributed by atoms with Gasteiger partial charge in [0, 0.05) is 24.0 Å². The number of thiazole rings is 1. The minimum absolute atomic E-state index is 0. The Morgan fingerprint density at radius 2 is 2.05 bits per heavy atom. The fourth-order valence-corrected chi connectivity index (χ4v) is 2.94. The van der Waals surface area contributed by atoms with Crippen molar-refractivity contribution < 1.29 is 0 Å². The van der Waals surface area contributed by atoms with Crippen LogP contribution in [0.1, 0.15) is 11.9 Å². The van der Waals surface area contributed by atoms with Gasteiger partial charge in [0.25, 0.3) is 0 Å². The van der Waals surface area contributed by atoms with Crippen LogP contribution in [0.3, 0.4) is 0 Å². The van der Waals surface area contributed by atoms with E-state index in [0.29, 0.717) is 5.82 Å². The van der Waals surface area contributed by atoms with E-state index in [2.05, 4.69) is 35.7 Å². The van der Waals surface area contributed by atoms with Crippen LogP contribution in [-0.4, -0.2) is 32.6 Å². The predicted molar refractivity (Wildman–Crippen MR) is 89.9 cm³/mol. The number of halogens is 2. The van der Waals surface area contributed by atoms with E-state index >= 15 is 0 Å². The van der Waals surface area contributed by atoms with Gasteiger partial charge in [0.1, 0.15) is 12.0 Å². The molecule has 116 valence electrons. The number of aliphatic imine (C=N–C) groups is 1. The number of fused-ring (bicyclic) bond motifs is 1. The molecule has 22 heavy (non-hydrogen) atoms. The smallest absolute Gasteiger partial charge is 0.188 e. The predicted octanol–water partition coefficient (Wildman–Crippen LogP) is 1.74. The van der Waals surface area contributed by atoms with Gasteiger partial charge >= 0.3 is 0 Å². The lowest BCUT2D eigenvalue weighted by molar-refractivity contribution is 0.308. The van der Waals surface area contributed by atoms with Gasteiger partial charge in [-0.3, -0.25) is 4.99 Å². The molecule has 10 heteroatoms. The number of nitrogens with zero attached hydrogens (tertiary/aromatic N) is 5. The summed E-state index contributed by atoms with van der Waals surface area (Å²) in [6.45, 7) is 0.755. The molecule has 2 aromatic heterocycles. The molecule has 0 spiro atoms. The molecule has 1 atom stereocenters. The van der Waals surface area contributed by atoms with Crippen LogP contribution in [0.4, 0.5) is 0 Å². The Balaban J connectivity index is 0.000000882. The third-order valence-corrected chi connectivity index (χ3v) is 3.95. The highest BCUT2D eigenvalue weighted by atomic mass is 35.5. The fraction of sp³-hybridized carbons (Fsp3) is 0.167. The first-order valence-corrected chi connectivity index (χ1v) is 7.02. The molecule has 1 fully saturated rings. The van der Waals surface area contributed by atoms with Gasteiger partial charge in [-0.05, 0) is 6.07 Å². The zero-order valence-corrected chi connectivity index (χ0v) is 13.7. The second-order valence-electron chi connectivity index (χ2n) is 4.32. The third kappa shape index (κ3) is 2.91. The van der Waals surface area contributed by atoms with Crippen molar-refractivity contribution in [3.63, 3.8) is 0 Å². The molecule has 7 nitrogen and oxygen atoms in total. The lowest BCUT2D eigenvalue weighted by Gasteiger charge is -2.23. The van der Waals surface area contributed by atoms with Crippen molar-refractivity contribution in [3.05, 3.63) is 41.6 Å². The second kappa shape index (κ2) is 7.01. The first-order valence-electron chi connectivity index (χ1n) is 6.14. The molecule has 0 amide bonds. The molecule has 0 aliphatic carbocycles. The Bertz CT molecular complexity index is 688. The average Bonchev–Trinajstić information content (AvgIpc) is 3.14. The van der Waals surface area contributed by atoms with Gasteiger partial charge in [0.05, 0.1) is 18.4 Å². The zero-order chi connectivity index (χ0) is 13.4. The lowest BCUT2D eigenvalue weighted by Crippen LogP contribution is -2.30. The molecule has 2 N–H and O–H groups in total. The summed E-state index contributed by atoms with van der Waals surface area (Å²) in [7, 11) is 0. The van der Waals surface area contributed by atoms with Gasteiger partial charge in [-0.2, -0.15) is 0 Å². The van der Waals surface area contributed by atoms with Crippen molar-refractivity contribution in [3.8, 4) is 10.8 Å². The highest BCUT2D eigenvalue weighted by molar-refractivity contribution is 7.13. The maximum Gasteiger partial charge on any atom is 0.188 e. The van der Waals surface area contributed by atoms with Gasteiger partial charge < -0.3 is 10.3 Å². The average molecular weight is 358 g/mol. The first kappa shape index (κ1) is 16.6. The summed E-state index contributed by atoms with van der Waals surface area (Å²) in [5.74, 6) is 1.62. The Morgan fingerprint density at radius 1 is 1.23 bits per heavy atom. The van der Waals surface area contributed by atoms with E-state index in [1.54, 1.807) is 36.0 Å². The Labute approximate surface area is 143 Å². The zero-order valence-electron chi connectivity index (χ0n) is 11.2. The van der Waals surface area contributed by atoms with Crippen molar-refractivity contribution in [1.82, 2.24) is 30.7 Å². The molecular weight excluding hydrogens is 345 g/mol. The molecule has 2 aliphatic rings. The summed E-state index contributed by atoms with van der Waals surface area (Å²) < 4.78 is 0. The van der Waals surface area contributed by atoms with Gasteiger partial charge in [0.15, 0.2) is 10.8 Å². The lowest BCUT2D eigenvalue weighted by atomic mass is 10.3. The number of hydrogen-bond acceptors (Lipinski definition) is 8. The summed E-state index contributed by atoms with van der Waals surface area (Å²) in [4.78, 5) is 19.4. The standard InChI is InChI=1S/C12H11N7S.2ClH/c1-2-14-10(15-3-1)12-16-8(7-20-12)11-18-17-9-6-13-4-5-19(9)11;;/h1-4,6-7,11,17-18H,5H2;2*1H. The molecule has 1 saturated heterocycles. The molecule has 4 heterocycles. The van der Waals surface area contributed by atoms with Crippen molar-refractivity contribution in [1.29, 1.82) is 0 Å². The van der Waals surface area contributed by atoms with Crippen molar-refractivity contribution >= 4 is 42.4 Å². The topological polar surface area (TPSA) is 78.3 Å². The monoisotopic (exact) mass is 357 g/mol. The minimum Gasteiger partial charge on any atom is -0.328 e. The Kier molecular flexibility index (Phi) is 5.30. The molecule has 4 rings (SSSR count). The largest absolute Gasteiger partial charge is 0.328 e. The highest BCUT2D eigenvalue weighted by Gasteiger charge is 2.31. The van der Waals surface area contributed by atoms with Crippen LogP contribution < -0.4 is 10.9 Å². The summed E-state index contributed by atoms with van der Waals surface area (Å²) in [6, 6.07) is 1.80. The van der Waals surface area contributed by atoms with Crippen molar-refractivity contribution in [2.75, 3.05) is 6.54 Å². The minimum atomic E-state index is 0. The van der Waals surface area contributed by atoms with Crippen LogP contribution in [0.2, 0.25) is 0 Å². The van der Waals surface area contributed by atoms with Crippen LogP contribution in [-0.2, 0) is 0 Å². The van der Waals surface area contributed by atoms with Gasteiger partial charge in [0.2, 0.25) is 0 Å². The van der Waals surface area contributed by atoms with Gasteiger partial charge in [-0.15, -0.1) is 36.2 Å². The molecule has 2 aliphatic heterocycles. The number of aromatic nitrogens is 3. The van der Waals surface area contributed by atoms with Crippen LogP contribution in [0.5, 0.6) is 0 Å². The van der Waals surface area contributed by atoms with E-state index in [-0.39, 0.29) is 31.0 Å². The van der Waals surface area contributed by atoms with E-state index in [1.807, 2.05) is 11.6 Å². The maximum atomic E-state index is 4.63. The Hall–Kier alpha value is -1.74. The summed E-state index contributed by atoms with van der Waals surface area (Å²) in [5.41, 5.74) is 7.27. The van der Waals surface area contributed by atoms with E-state index in [1.165, 1.54) is 0 Å². The molecule has 1 unspecified atom stereocenters. The molecular formula is C12H13Cl2N7S. The molecule has 0 bridgehead atoms. The third-order valence-electron chi connectivity index (χ3n) is 3.10. The van der Waals surface area contributed by atoms with Crippen LogP contribution in [0, 0.1) is 0 Å². The van der Waals surface area contributed by atoms with Crippen LogP contribution in [0.25, 0.3) is 10.8 Å². The normalized spacial score (nSPS) is 18.6. The molecule has 0 radical (unpaired) electrons. The maximum absolute atomic E-state index is 4.63. The fourth-order valence-electron chi connectivity index (χ4n) is 2.16. The summed E-state index contributed by atoms with van der Waals surface area (Å²) >= 11 is 1.55. The molecule has 0 saturated carbocycles. The molecule has 2 aromatic rings. The van der Waals surface area contributed by atoms with E-state index in [9.17, 15) is 0 Å². The van der Waals surface area contributed by atoms with E-state index in [0.717, 1.165) is 23.1 Å². The van der Waals surface area contributed by atoms with Crippen LogP contribution in [0.15, 0.2) is 40.9 Å². The molecule has 0 aromatic carbocycles. The number of nitrogens with one attached hydrogen (secondary N) is 2. The van der Waals surface area contributed by atoms with Gasteiger partial charge in [-0.25, -0.2) is 20.4 Å². The quantitative estimate of drug-likeness (QED) is 0.852. The van der Waals surface area contributed by atoms with E-state index < -0.39 is 0 Å². The SMILES string of the molecule is C1=NC=C2NNC(c3csc(-c4ncccn4)n3)N2C1.Cl.Cl. The van der Waals surface area contributed by atoms with Gasteiger partial charge in [-0.1, -0.05) is 0 Å². The number of hydrazine groups is 1. The Morgan fingerprint density at radius 3 is 2.86 bits per heavy atom. The number of hydrogen-bond donors (Lipinski definition) is 2. The van der Waals surface area contributed by atoms with E-state index in [4.69, 9.17) is 0 Å².